The maximum Gasteiger partial charge on any atom is 0.328 e. The Morgan fingerprint density at radius 1 is 1.43 bits per heavy atom. The van der Waals surface area contributed by atoms with E-state index in [1.54, 1.807) is 0 Å². The van der Waals surface area contributed by atoms with Crippen molar-refractivity contribution in [1.29, 1.82) is 0 Å². The highest BCUT2D eigenvalue weighted by Crippen LogP contribution is 2.51. The number of alkyl halides is 3. The molecule has 2 rings (SSSR count). The van der Waals surface area contributed by atoms with Gasteiger partial charge in [0.05, 0.1) is 5.92 Å². The number of rotatable bonds is 4. The minimum Gasteiger partial charge on any atom is -0.616 e. The molecule has 0 amide bonds. The van der Waals surface area contributed by atoms with Crippen LogP contribution in [0.4, 0.5) is 8.78 Å². The molecular formula is C9H12ClF2OS. The van der Waals surface area contributed by atoms with Gasteiger partial charge in [-0.2, -0.15) is 8.78 Å². The first-order valence-corrected chi connectivity index (χ1v) is 6.61. The number of halogens is 3. The van der Waals surface area contributed by atoms with Crippen LogP contribution in [0.1, 0.15) is 19.3 Å². The summed E-state index contributed by atoms with van der Waals surface area (Å²) in [5, 5.41) is -3.15. The Labute approximate surface area is 90.4 Å². The van der Waals surface area contributed by atoms with Crippen LogP contribution in [0.2, 0.25) is 0 Å². The van der Waals surface area contributed by atoms with Crippen molar-refractivity contribution in [2.45, 2.75) is 24.6 Å². The summed E-state index contributed by atoms with van der Waals surface area (Å²) in [5.41, 5.74) is 0. The van der Waals surface area contributed by atoms with Gasteiger partial charge in [-0.05, 0) is 36.8 Å². The molecule has 1 saturated carbocycles. The van der Waals surface area contributed by atoms with Crippen LogP contribution >= 0.6 is 11.6 Å². The van der Waals surface area contributed by atoms with Gasteiger partial charge in [0.1, 0.15) is 11.5 Å². The van der Waals surface area contributed by atoms with Crippen LogP contribution in [0.15, 0.2) is 0 Å². The van der Waals surface area contributed by atoms with E-state index in [0.717, 1.165) is 12.8 Å². The molecular weight excluding hydrogens is 230 g/mol. The van der Waals surface area contributed by atoms with Gasteiger partial charge in [-0.1, -0.05) is 11.2 Å². The molecule has 0 aromatic carbocycles. The van der Waals surface area contributed by atoms with Crippen molar-refractivity contribution in [3.8, 4) is 0 Å². The Balaban J connectivity index is 1.85. The highest BCUT2D eigenvalue weighted by atomic mass is 35.5. The predicted molar refractivity (Wildman–Crippen MR) is 52.8 cm³/mol. The second kappa shape index (κ2) is 3.80. The monoisotopic (exact) mass is 241 g/mol. The van der Waals surface area contributed by atoms with E-state index in [2.05, 4.69) is 0 Å². The van der Waals surface area contributed by atoms with Crippen LogP contribution in [0.25, 0.3) is 0 Å². The molecule has 0 N–H and O–H groups in total. The molecule has 1 saturated heterocycles. The van der Waals surface area contributed by atoms with E-state index >= 15 is 0 Å². The fraction of sp³-hybridized carbons (Fsp3) is 0.889. The highest BCUT2D eigenvalue weighted by molar-refractivity contribution is 7.92. The molecule has 1 heterocycles. The lowest BCUT2D eigenvalue weighted by atomic mass is 9.92. The molecule has 0 aromatic heterocycles. The van der Waals surface area contributed by atoms with Gasteiger partial charge in [-0.3, -0.25) is 0 Å². The van der Waals surface area contributed by atoms with Crippen molar-refractivity contribution in [1.82, 2.24) is 0 Å². The van der Waals surface area contributed by atoms with Gasteiger partial charge >= 0.3 is 5.38 Å². The lowest BCUT2D eigenvalue weighted by Crippen LogP contribution is -2.39. The van der Waals surface area contributed by atoms with Crippen molar-refractivity contribution in [3.63, 3.8) is 0 Å². The lowest BCUT2D eigenvalue weighted by Gasteiger charge is -2.32. The summed E-state index contributed by atoms with van der Waals surface area (Å²) in [4.78, 5) is 0. The first kappa shape index (κ1) is 11.0. The molecule has 0 atom stereocenters. The van der Waals surface area contributed by atoms with E-state index in [-0.39, 0.29) is 17.8 Å². The Morgan fingerprint density at radius 3 is 2.36 bits per heavy atom. The Kier molecular flexibility index (Phi) is 2.97. The molecule has 0 bridgehead atoms. The maximum absolute atomic E-state index is 12.9. The quantitative estimate of drug-likeness (QED) is 0.548. The lowest BCUT2D eigenvalue weighted by molar-refractivity contribution is 0.0927. The second-order valence-electron chi connectivity index (χ2n) is 4.14. The zero-order chi connectivity index (χ0) is 10.3. The van der Waals surface area contributed by atoms with Crippen molar-refractivity contribution in [2.24, 2.45) is 11.8 Å². The molecule has 0 unspecified atom stereocenters. The highest BCUT2D eigenvalue weighted by Gasteiger charge is 2.50. The first-order chi connectivity index (χ1) is 6.47. The summed E-state index contributed by atoms with van der Waals surface area (Å²) < 4.78 is 36.7. The van der Waals surface area contributed by atoms with Crippen molar-refractivity contribution in [3.05, 3.63) is 5.92 Å². The van der Waals surface area contributed by atoms with Crippen LogP contribution in [0.5, 0.6) is 0 Å². The summed E-state index contributed by atoms with van der Waals surface area (Å²) >= 11 is 4.29. The van der Waals surface area contributed by atoms with Crippen LogP contribution in [-0.4, -0.2) is 21.4 Å². The standard InChI is InChI=1S/C9H12ClF2OS/c10-9(11,12)8(7-1-2-7)3-6-4-14(13)5-6/h6-7H,1-5H2. The van der Waals surface area contributed by atoms with Crippen LogP contribution < -0.4 is 0 Å². The van der Waals surface area contributed by atoms with Crippen molar-refractivity contribution in [2.75, 3.05) is 11.5 Å². The van der Waals surface area contributed by atoms with Gasteiger partial charge in [0.15, 0.2) is 0 Å². The molecule has 0 aromatic rings. The van der Waals surface area contributed by atoms with E-state index in [1.807, 2.05) is 0 Å². The topological polar surface area (TPSA) is 23.1 Å². The zero-order valence-electron chi connectivity index (χ0n) is 7.64. The Bertz CT molecular complexity index is 211. The summed E-state index contributed by atoms with van der Waals surface area (Å²) in [5.74, 6) is 1.53. The third-order valence-electron chi connectivity index (χ3n) is 2.79. The third-order valence-corrected chi connectivity index (χ3v) is 4.72. The van der Waals surface area contributed by atoms with E-state index in [1.165, 1.54) is 0 Å². The third kappa shape index (κ3) is 2.52. The van der Waals surface area contributed by atoms with Gasteiger partial charge in [-0.15, -0.1) is 0 Å². The van der Waals surface area contributed by atoms with Crippen LogP contribution in [0.3, 0.4) is 0 Å². The van der Waals surface area contributed by atoms with Gasteiger partial charge in [0, 0.05) is 5.92 Å². The zero-order valence-corrected chi connectivity index (χ0v) is 9.21. The fourth-order valence-electron chi connectivity index (χ4n) is 1.85. The molecule has 1 aliphatic carbocycles. The van der Waals surface area contributed by atoms with E-state index in [9.17, 15) is 13.3 Å². The summed E-state index contributed by atoms with van der Waals surface area (Å²) in [6, 6.07) is 0. The molecule has 14 heavy (non-hydrogen) atoms. The normalized spacial score (nSPS) is 33.2. The van der Waals surface area contributed by atoms with Crippen molar-refractivity contribution < 1.29 is 13.3 Å². The molecule has 5 heteroatoms. The number of hydrogen-bond acceptors (Lipinski definition) is 1. The maximum atomic E-state index is 12.9. The molecule has 0 spiro atoms. The fourth-order valence-corrected chi connectivity index (χ4v) is 3.27. The predicted octanol–water partition coefficient (Wildman–Crippen LogP) is 2.57. The Hall–Kier alpha value is 0.460. The van der Waals surface area contributed by atoms with E-state index in [4.69, 9.17) is 11.6 Å². The molecule has 1 radical (unpaired) electrons. The summed E-state index contributed by atoms with van der Waals surface area (Å²) in [7, 11) is 0. The largest absolute Gasteiger partial charge is 0.616 e. The van der Waals surface area contributed by atoms with Crippen LogP contribution in [-0.2, 0) is 11.2 Å². The first-order valence-electron chi connectivity index (χ1n) is 4.74. The Morgan fingerprint density at radius 2 is 2.00 bits per heavy atom. The SMILES string of the molecule is [O-][S+]1CC(C[C](C2CC2)C(F)(F)Cl)C1. The number of hydrogen-bond donors (Lipinski definition) is 0. The molecule has 2 fully saturated rings. The minimum atomic E-state index is -3.15. The van der Waals surface area contributed by atoms with Gasteiger partial charge in [0.2, 0.25) is 0 Å². The van der Waals surface area contributed by atoms with E-state index in [0.29, 0.717) is 17.9 Å². The summed E-state index contributed by atoms with van der Waals surface area (Å²) in [6.07, 6.45) is 2.05. The molecule has 81 valence electrons. The van der Waals surface area contributed by atoms with Gasteiger partial charge in [0.25, 0.3) is 0 Å². The van der Waals surface area contributed by atoms with Crippen molar-refractivity contribution >= 4 is 22.8 Å². The van der Waals surface area contributed by atoms with Gasteiger partial charge < -0.3 is 4.55 Å². The molecule has 1 aliphatic heterocycles. The van der Waals surface area contributed by atoms with Crippen LogP contribution in [0, 0.1) is 17.8 Å². The second-order valence-corrected chi connectivity index (χ2v) is 6.16. The smallest absolute Gasteiger partial charge is 0.328 e. The molecule has 1 nitrogen and oxygen atoms in total. The minimum absolute atomic E-state index is 0.0246. The summed E-state index contributed by atoms with van der Waals surface area (Å²) in [6.45, 7) is 0. The van der Waals surface area contributed by atoms with E-state index < -0.39 is 16.6 Å². The average molecular weight is 242 g/mol. The van der Waals surface area contributed by atoms with Gasteiger partial charge in [-0.25, -0.2) is 0 Å². The molecule has 2 aliphatic rings. The average Bonchev–Trinajstić information content (AvgIpc) is 2.75.